The van der Waals surface area contributed by atoms with Crippen molar-refractivity contribution in [1.82, 2.24) is 0 Å². The minimum absolute atomic E-state index is 0.0285. The molecule has 12 nitrogen and oxygen atoms in total. The average molecular weight is 805 g/mol. The predicted molar refractivity (Wildman–Crippen MR) is 211 cm³/mol. The third-order valence-corrected chi connectivity index (χ3v) is 13.8. The Morgan fingerprint density at radius 2 is 0.596 bits per heavy atom. The average Bonchev–Trinajstić information content (AvgIpc) is 3.14. The molecule has 0 spiro atoms. The molecule has 0 radical (unpaired) electrons. The molecule has 0 aromatic carbocycles. The fourth-order valence-electron chi connectivity index (χ4n) is 9.72. The number of esters is 6. The molecule has 0 bridgehead atoms. The Labute approximate surface area is 340 Å². The first kappa shape index (κ1) is 46.5. The van der Waals surface area contributed by atoms with Gasteiger partial charge >= 0.3 is 35.8 Å². The van der Waals surface area contributed by atoms with Gasteiger partial charge in [-0.2, -0.15) is 0 Å². The van der Waals surface area contributed by atoms with Gasteiger partial charge in [-0.1, -0.05) is 59.3 Å². The molecule has 0 atom stereocenters. The third kappa shape index (κ3) is 14.0. The first-order valence-electron chi connectivity index (χ1n) is 21.8. The van der Waals surface area contributed by atoms with Gasteiger partial charge in [-0.05, 0) is 135 Å². The molecule has 4 aliphatic rings. The molecule has 0 saturated heterocycles. The maximum atomic E-state index is 13.4. The number of hydrogen-bond acceptors (Lipinski definition) is 12. The van der Waals surface area contributed by atoms with Crippen molar-refractivity contribution in [3.63, 3.8) is 0 Å². The Morgan fingerprint density at radius 1 is 0.386 bits per heavy atom. The monoisotopic (exact) mass is 805 g/mol. The zero-order chi connectivity index (χ0) is 42.1. The summed E-state index contributed by atoms with van der Waals surface area (Å²) in [6.45, 7) is 16.1. The Hall–Kier alpha value is -3.18. The summed E-state index contributed by atoms with van der Waals surface area (Å²) < 4.78 is 33.6. The van der Waals surface area contributed by atoms with Crippen LogP contribution < -0.4 is 0 Å². The van der Waals surface area contributed by atoms with E-state index in [9.17, 15) is 28.8 Å². The van der Waals surface area contributed by atoms with Crippen LogP contribution in [0.3, 0.4) is 0 Å². The van der Waals surface area contributed by atoms with Crippen molar-refractivity contribution in [2.24, 2.45) is 53.3 Å². The summed E-state index contributed by atoms with van der Waals surface area (Å²) >= 11 is 0. The summed E-state index contributed by atoms with van der Waals surface area (Å²) in [6.07, 6.45) is 12.0. The van der Waals surface area contributed by atoms with E-state index in [0.29, 0.717) is 17.8 Å². The molecule has 0 aliphatic heterocycles. The molecule has 57 heavy (non-hydrogen) atoms. The lowest BCUT2D eigenvalue weighted by molar-refractivity contribution is -0.179. The van der Waals surface area contributed by atoms with Crippen LogP contribution in [-0.2, 0) is 57.2 Å². The fraction of sp³-hybridized carbons (Fsp3) is 0.867. The highest BCUT2D eigenvalue weighted by Crippen LogP contribution is 2.40. The van der Waals surface area contributed by atoms with Gasteiger partial charge in [0.2, 0.25) is 0 Å². The van der Waals surface area contributed by atoms with Crippen LogP contribution in [0.15, 0.2) is 0 Å². The van der Waals surface area contributed by atoms with E-state index in [1.807, 2.05) is 41.5 Å². The minimum atomic E-state index is -0.964. The Kier molecular flexibility index (Phi) is 16.5. The van der Waals surface area contributed by atoms with E-state index in [1.54, 1.807) is 0 Å². The van der Waals surface area contributed by atoms with Crippen molar-refractivity contribution in [1.29, 1.82) is 0 Å². The van der Waals surface area contributed by atoms with Gasteiger partial charge in [0.15, 0.2) is 19.8 Å². The molecule has 4 saturated carbocycles. The van der Waals surface area contributed by atoms with Crippen LogP contribution in [-0.4, -0.2) is 72.4 Å². The first-order valence-corrected chi connectivity index (χ1v) is 21.8. The summed E-state index contributed by atoms with van der Waals surface area (Å²) in [5.74, 6) is -4.72. The van der Waals surface area contributed by atoms with Gasteiger partial charge in [-0.3, -0.25) is 14.4 Å². The van der Waals surface area contributed by atoms with E-state index in [2.05, 4.69) is 20.8 Å². The lowest BCUT2D eigenvalue weighted by Gasteiger charge is -2.38. The van der Waals surface area contributed by atoms with E-state index in [-0.39, 0.29) is 37.0 Å². The fourth-order valence-corrected chi connectivity index (χ4v) is 9.72. The number of hydrogen-bond donors (Lipinski definition) is 0. The highest BCUT2D eigenvalue weighted by Gasteiger charge is 2.43. The third-order valence-electron chi connectivity index (χ3n) is 13.8. The predicted octanol–water partition coefficient (Wildman–Crippen LogP) is 8.09. The van der Waals surface area contributed by atoms with Crippen LogP contribution in [0.1, 0.15) is 159 Å². The second-order valence-corrected chi connectivity index (χ2v) is 19.7. The van der Waals surface area contributed by atoms with Crippen LogP contribution in [0, 0.1) is 53.3 Å². The van der Waals surface area contributed by atoms with Crippen LogP contribution in [0.2, 0.25) is 0 Å². The number of rotatable bonds is 15. The van der Waals surface area contributed by atoms with Crippen LogP contribution in [0.25, 0.3) is 0 Å². The molecular formula is C45H72O12. The molecule has 0 amide bonds. The highest BCUT2D eigenvalue weighted by molar-refractivity contribution is 5.83. The lowest BCUT2D eigenvalue weighted by atomic mass is 9.75. The minimum Gasteiger partial charge on any atom is -0.457 e. The maximum absolute atomic E-state index is 13.4. The second-order valence-electron chi connectivity index (χ2n) is 19.7. The van der Waals surface area contributed by atoms with Crippen molar-refractivity contribution in [3.8, 4) is 0 Å². The van der Waals surface area contributed by atoms with Gasteiger partial charge in [0.05, 0.1) is 17.8 Å². The number of ether oxygens (including phenoxy) is 6. The van der Waals surface area contributed by atoms with Gasteiger partial charge < -0.3 is 28.4 Å². The summed E-state index contributed by atoms with van der Waals surface area (Å²) in [4.78, 5) is 79.0. The van der Waals surface area contributed by atoms with Gasteiger partial charge in [-0.15, -0.1) is 0 Å². The van der Waals surface area contributed by atoms with Crippen LogP contribution in [0.4, 0.5) is 0 Å². The van der Waals surface area contributed by atoms with E-state index < -0.39 is 90.2 Å². The first-order chi connectivity index (χ1) is 26.6. The van der Waals surface area contributed by atoms with Gasteiger partial charge in [-0.25, -0.2) is 14.4 Å². The largest absolute Gasteiger partial charge is 0.457 e. The van der Waals surface area contributed by atoms with Crippen molar-refractivity contribution in [3.05, 3.63) is 0 Å². The van der Waals surface area contributed by atoms with E-state index >= 15 is 0 Å². The van der Waals surface area contributed by atoms with E-state index in [1.165, 1.54) is 0 Å². The highest BCUT2D eigenvalue weighted by atomic mass is 16.6. The normalized spacial score (nSPS) is 29.9. The van der Waals surface area contributed by atoms with Crippen LogP contribution >= 0.6 is 0 Å². The van der Waals surface area contributed by atoms with Crippen molar-refractivity contribution in [2.45, 2.75) is 175 Å². The smallest absolute Gasteiger partial charge is 0.344 e. The SMILES string of the molecule is CC1CCC(C(C)(C)OC(=O)COC(=O)C2CC(C(=O)OCC(=O)OC(C)(C)C3CCC(C)CC3)CC(C(=O)OCC(=O)OC(C)(C)C3CCC(C)CC3)C2)CC1. The molecular weight excluding hydrogens is 732 g/mol. The Balaban J connectivity index is 1.35. The summed E-state index contributed by atoms with van der Waals surface area (Å²) in [7, 11) is 0. The Bertz CT molecular complexity index is 1220. The van der Waals surface area contributed by atoms with E-state index in [0.717, 1.165) is 77.0 Å². The molecule has 0 N–H and O–H groups in total. The topological polar surface area (TPSA) is 158 Å². The number of carbonyl (C=O) groups is 6. The molecule has 4 aliphatic carbocycles. The quantitative estimate of drug-likeness (QED) is 0.116. The molecule has 4 rings (SSSR count). The number of carbonyl (C=O) groups excluding carboxylic acids is 6. The molecule has 0 heterocycles. The van der Waals surface area contributed by atoms with Crippen molar-refractivity contribution in [2.75, 3.05) is 19.8 Å². The lowest BCUT2D eigenvalue weighted by Crippen LogP contribution is -2.41. The summed E-state index contributed by atoms with van der Waals surface area (Å²) in [6, 6.07) is 0. The standard InChI is InChI=1S/C45H72O12/c1-28-10-16-34(17-11-28)43(4,5)55-37(46)25-52-40(49)31-22-32(41(50)53-26-38(47)56-44(6,7)35-18-12-29(2)13-19-35)24-33(23-31)42(51)54-27-39(48)57-45(8,9)36-20-14-30(3)15-21-36/h28-36H,10-27H2,1-9H3. The van der Waals surface area contributed by atoms with Crippen LogP contribution in [0.5, 0.6) is 0 Å². The zero-order valence-electron chi connectivity index (χ0n) is 36.3. The molecule has 4 fully saturated rings. The second kappa shape index (κ2) is 20.2. The molecule has 0 unspecified atom stereocenters. The van der Waals surface area contributed by atoms with Crippen molar-refractivity contribution >= 4 is 35.8 Å². The van der Waals surface area contributed by atoms with E-state index in [4.69, 9.17) is 28.4 Å². The maximum Gasteiger partial charge on any atom is 0.344 e. The molecule has 0 aromatic heterocycles. The molecule has 324 valence electrons. The van der Waals surface area contributed by atoms with Gasteiger partial charge in [0.25, 0.3) is 0 Å². The van der Waals surface area contributed by atoms with Gasteiger partial charge in [0, 0.05) is 0 Å². The molecule has 12 heteroatoms. The van der Waals surface area contributed by atoms with Gasteiger partial charge in [0.1, 0.15) is 16.8 Å². The molecule has 0 aromatic rings. The summed E-state index contributed by atoms with van der Waals surface area (Å²) in [5, 5.41) is 0. The zero-order valence-corrected chi connectivity index (χ0v) is 36.3. The summed E-state index contributed by atoms with van der Waals surface area (Å²) in [5.41, 5.74) is -2.18. The van der Waals surface area contributed by atoms with Crippen molar-refractivity contribution < 1.29 is 57.2 Å². The Morgan fingerprint density at radius 3 is 0.807 bits per heavy atom.